The lowest BCUT2D eigenvalue weighted by Gasteiger charge is -2.10. The number of hydrogen-bond donors (Lipinski definition) is 1. The molecule has 1 aliphatic carbocycles. The van der Waals surface area contributed by atoms with Gasteiger partial charge in [-0.2, -0.15) is 0 Å². The number of ether oxygens (including phenoxy) is 1. The van der Waals surface area contributed by atoms with Crippen LogP contribution < -0.4 is 0 Å². The standard InChI is InChI=1S/C22H29NO4S2/c1-27-21(26)8-6-4-3-5-7-16-9-14-20(25)19(16)13-11-17(24)10-12-18-15-23-22(28-2)29-18/h3,5,9,13-17,24H,4,6-8,10-12H2,1-2H3/b5-3-,19-13+/t16-,17-/m0/s1. The molecule has 0 spiro atoms. The number of aliphatic hydroxyl groups excluding tert-OH is 1. The molecular formula is C22H29NO4S2. The van der Waals surface area contributed by atoms with Gasteiger partial charge in [0, 0.05) is 29.0 Å². The van der Waals surface area contributed by atoms with Gasteiger partial charge in [0.25, 0.3) is 0 Å². The highest BCUT2D eigenvalue weighted by atomic mass is 32.2. The molecule has 0 radical (unpaired) electrons. The number of nitrogens with zero attached hydrogens (tertiary/aromatic N) is 1. The second-order valence-electron chi connectivity index (χ2n) is 6.89. The molecule has 29 heavy (non-hydrogen) atoms. The van der Waals surface area contributed by atoms with Crippen molar-refractivity contribution in [2.75, 3.05) is 13.4 Å². The first-order valence-electron chi connectivity index (χ1n) is 9.84. The van der Waals surface area contributed by atoms with E-state index in [-0.39, 0.29) is 17.7 Å². The van der Waals surface area contributed by atoms with Gasteiger partial charge in [-0.15, -0.1) is 11.3 Å². The highest BCUT2D eigenvalue weighted by Gasteiger charge is 2.22. The number of ketones is 1. The molecular weight excluding hydrogens is 406 g/mol. The summed E-state index contributed by atoms with van der Waals surface area (Å²) in [4.78, 5) is 28.7. The number of carbonyl (C=O) groups is 2. The number of methoxy groups -OCH3 is 1. The predicted octanol–water partition coefficient (Wildman–Crippen LogP) is 4.52. The first kappa shape index (κ1) is 23.6. The summed E-state index contributed by atoms with van der Waals surface area (Å²) in [5.41, 5.74) is 0.769. The normalized spacial score (nSPS) is 18.8. The zero-order valence-electron chi connectivity index (χ0n) is 17.0. The number of thioether (sulfide) groups is 1. The largest absolute Gasteiger partial charge is 0.469 e. The lowest BCUT2D eigenvalue weighted by atomic mass is 9.96. The Balaban J connectivity index is 1.75. The minimum atomic E-state index is -0.467. The van der Waals surface area contributed by atoms with E-state index in [0.717, 1.165) is 35.6 Å². The Labute approximate surface area is 181 Å². The van der Waals surface area contributed by atoms with Gasteiger partial charge < -0.3 is 9.84 Å². The van der Waals surface area contributed by atoms with Crippen LogP contribution in [0.1, 0.15) is 43.4 Å². The quantitative estimate of drug-likeness (QED) is 0.171. The third kappa shape index (κ3) is 8.28. The van der Waals surface area contributed by atoms with Crippen LogP contribution in [0, 0.1) is 5.92 Å². The number of unbranched alkanes of at least 4 members (excludes halogenated alkanes) is 1. The van der Waals surface area contributed by atoms with Crippen LogP contribution in [0.4, 0.5) is 0 Å². The van der Waals surface area contributed by atoms with Crippen molar-refractivity contribution in [3.05, 3.63) is 47.0 Å². The molecule has 0 unspecified atom stereocenters. The highest BCUT2D eigenvalue weighted by Crippen LogP contribution is 2.27. The average molecular weight is 436 g/mol. The van der Waals surface area contributed by atoms with Crippen molar-refractivity contribution in [2.45, 2.75) is 55.4 Å². The Morgan fingerprint density at radius 2 is 2.28 bits per heavy atom. The van der Waals surface area contributed by atoms with Crippen LogP contribution in [0.3, 0.4) is 0 Å². The molecule has 1 aromatic heterocycles. The number of allylic oxidation sites excluding steroid dienone is 5. The maximum Gasteiger partial charge on any atom is 0.305 e. The third-order valence-corrected chi connectivity index (χ3v) is 6.80. The molecule has 0 saturated carbocycles. The van der Waals surface area contributed by atoms with Crippen LogP contribution in [0.2, 0.25) is 0 Å². The lowest BCUT2D eigenvalue weighted by molar-refractivity contribution is -0.140. The molecule has 2 rings (SSSR count). The third-order valence-electron chi connectivity index (χ3n) is 4.74. The molecule has 0 aliphatic heterocycles. The molecule has 1 N–H and O–H groups in total. The van der Waals surface area contributed by atoms with E-state index in [1.165, 1.54) is 12.0 Å². The number of thiazole rings is 1. The Morgan fingerprint density at radius 3 is 3.00 bits per heavy atom. The number of carbonyl (C=O) groups excluding carboxylic acids is 2. The summed E-state index contributed by atoms with van der Waals surface area (Å²) in [6, 6.07) is 0. The second kappa shape index (κ2) is 12.8. The van der Waals surface area contributed by atoms with E-state index in [9.17, 15) is 14.7 Å². The minimum absolute atomic E-state index is 0.0355. The van der Waals surface area contributed by atoms with E-state index in [4.69, 9.17) is 0 Å². The van der Waals surface area contributed by atoms with Gasteiger partial charge in [0.1, 0.15) is 4.34 Å². The molecule has 2 atom stereocenters. The van der Waals surface area contributed by atoms with Crippen molar-refractivity contribution in [1.82, 2.24) is 4.98 Å². The molecule has 0 fully saturated rings. The summed E-state index contributed by atoms with van der Waals surface area (Å²) in [6.07, 6.45) is 17.6. The lowest BCUT2D eigenvalue weighted by Crippen LogP contribution is -2.09. The molecule has 1 aromatic rings. The highest BCUT2D eigenvalue weighted by molar-refractivity contribution is 8.00. The minimum Gasteiger partial charge on any atom is -0.469 e. The van der Waals surface area contributed by atoms with Crippen molar-refractivity contribution in [3.8, 4) is 0 Å². The van der Waals surface area contributed by atoms with Gasteiger partial charge in [-0.3, -0.25) is 9.59 Å². The smallest absolute Gasteiger partial charge is 0.305 e. The molecule has 1 heterocycles. The van der Waals surface area contributed by atoms with Gasteiger partial charge in [0.15, 0.2) is 5.78 Å². The number of rotatable bonds is 12. The molecule has 5 nitrogen and oxygen atoms in total. The summed E-state index contributed by atoms with van der Waals surface area (Å²) in [7, 11) is 1.40. The van der Waals surface area contributed by atoms with Crippen LogP contribution in [0.15, 0.2) is 46.5 Å². The topological polar surface area (TPSA) is 76.5 Å². The van der Waals surface area contributed by atoms with E-state index in [1.54, 1.807) is 29.2 Å². The fraction of sp³-hybridized carbons (Fsp3) is 0.500. The second-order valence-corrected chi connectivity index (χ2v) is 9.06. The summed E-state index contributed by atoms with van der Waals surface area (Å²) < 4.78 is 5.66. The van der Waals surface area contributed by atoms with Crippen molar-refractivity contribution in [3.63, 3.8) is 0 Å². The Hall–Kier alpha value is -1.70. The van der Waals surface area contributed by atoms with Crippen molar-refractivity contribution in [1.29, 1.82) is 0 Å². The van der Waals surface area contributed by atoms with Gasteiger partial charge in [0.05, 0.1) is 13.2 Å². The summed E-state index contributed by atoms with van der Waals surface area (Å²) >= 11 is 3.29. The predicted molar refractivity (Wildman–Crippen MR) is 118 cm³/mol. The van der Waals surface area contributed by atoms with Gasteiger partial charge in [0.2, 0.25) is 0 Å². The average Bonchev–Trinajstić information content (AvgIpc) is 3.33. The van der Waals surface area contributed by atoms with Crippen LogP contribution in [-0.4, -0.2) is 41.3 Å². The molecule has 158 valence electrons. The van der Waals surface area contributed by atoms with Crippen LogP contribution in [-0.2, 0) is 20.7 Å². The van der Waals surface area contributed by atoms with E-state index < -0.39 is 6.10 Å². The van der Waals surface area contributed by atoms with E-state index in [2.05, 4.69) is 15.8 Å². The number of aliphatic hydroxyl groups is 1. The number of aryl methyl sites for hydroxylation is 1. The van der Waals surface area contributed by atoms with Crippen LogP contribution >= 0.6 is 23.1 Å². The number of aromatic nitrogens is 1. The van der Waals surface area contributed by atoms with Crippen molar-refractivity contribution < 1.29 is 19.4 Å². The monoisotopic (exact) mass is 435 g/mol. The first-order valence-corrected chi connectivity index (χ1v) is 11.9. The van der Waals surface area contributed by atoms with Gasteiger partial charge in [-0.25, -0.2) is 4.98 Å². The Bertz CT molecular complexity index is 767. The Kier molecular flexibility index (Phi) is 10.4. The maximum atomic E-state index is 12.1. The zero-order valence-corrected chi connectivity index (χ0v) is 18.6. The van der Waals surface area contributed by atoms with Gasteiger partial charge in [-0.1, -0.05) is 36.1 Å². The summed E-state index contributed by atoms with van der Waals surface area (Å²) in [5, 5.41) is 10.3. The zero-order chi connectivity index (χ0) is 21.1. The fourth-order valence-corrected chi connectivity index (χ4v) is 4.53. The SMILES string of the molecule is COC(=O)CCC/C=C\C[C@H]1C=CC(=O)/C1=C/C[C@@H](O)CCc1cnc(SC)s1. The van der Waals surface area contributed by atoms with Crippen molar-refractivity contribution in [2.24, 2.45) is 5.92 Å². The van der Waals surface area contributed by atoms with Gasteiger partial charge in [-0.05, 0) is 50.9 Å². The van der Waals surface area contributed by atoms with Crippen LogP contribution in [0.5, 0.6) is 0 Å². The maximum absolute atomic E-state index is 12.1. The number of hydrogen-bond acceptors (Lipinski definition) is 7. The molecule has 0 amide bonds. The number of esters is 1. The van der Waals surface area contributed by atoms with E-state index >= 15 is 0 Å². The van der Waals surface area contributed by atoms with Gasteiger partial charge >= 0.3 is 5.97 Å². The molecule has 7 heteroatoms. The molecule has 0 saturated heterocycles. The summed E-state index contributed by atoms with van der Waals surface area (Å²) in [6.45, 7) is 0. The summed E-state index contributed by atoms with van der Waals surface area (Å²) in [5.74, 6) is -0.0860. The first-order chi connectivity index (χ1) is 14.0. The molecule has 0 aromatic carbocycles. The van der Waals surface area contributed by atoms with E-state index in [1.807, 2.05) is 30.7 Å². The fourth-order valence-electron chi connectivity index (χ4n) is 3.06. The molecule has 0 bridgehead atoms. The van der Waals surface area contributed by atoms with Crippen molar-refractivity contribution >= 4 is 34.9 Å². The Morgan fingerprint density at radius 1 is 1.45 bits per heavy atom. The van der Waals surface area contributed by atoms with Crippen LogP contribution in [0.25, 0.3) is 0 Å². The van der Waals surface area contributed by atoms with E-state index in [0.29, 0.717) is 19.3 Å². The molecule has 1 aliphatic rings.